The maximum absolute atomic E-state index is 12.1. The van der Waals surface area contributed by atoms with Crippen LogP contribution in [0.5, 0.6) is 0 Å². The number of thiophene rings is 2. The maximum atomic E-state index is 12.1. The summed E-state index contributed by atoms with van der Waals surface area (Å²) >= 11 is 3.27. The molecule has 0 spiro atoms. The zero-order chi connectivity index (χ0) is 25.4. The molecular weight excluding hydrogens is 492 g/mol. The molecule has 182 valence electrons. The Balaban J connectivity index is 1.40. The van der Waals surface area contributed by atoms with Crippen LogP contribution in [0.2, 0.25) is 0 Å². The Morgan fingerprint density at radius 1 is 0.778 bits per heavy atom. The van der Waals surface area contributed by atoms with E-state index in [1.165, 1.54) is 9.75 Å². The number of nitrogens with one attached hydrogen (secondary N) is 2. The molecule has 2 N–H and O–H groups in total. The molecule has 0 unspecified atom stereocenters. The third kappa shape index (κ3) is 5.96. The van der Waals surface area contributed by atoms with Gasteiger partial charge in [-0.25, -0.2) is 10.9 Å². The van der Waals surface area contributed by atoms with Gasteiger partial charge < -0.3 is 0 Å². The van der Waals surface area contributed by atoms with Gasteiger partial charge in [-0.1, -0.05) is 6.92 Å². The van der Waals surface area contributed by atoms with Gasteiger partial charge >= 0.3 is 0 Å². The molecule has 10 heteroatoms. The second kappa shape index (κ2) is 11.6. The highest BCUT2D eigenvalue weighted by molar-refractivity contribution is 7.15. The number of aromatic nitrogens is 2. The van der Waals surface area contributed by atoms with Crippen LogP contribution in [-0.2, 0) is 5.41 Å². The molecule has 0 radical (unpaired) electrons. The monoisotopic (exact) mass is 516 g/mol. The van der Waals surface area contributed by atoms with Gasteiger partial charge in [0, 0.05) is 60.8 Å². The van der Waals surface area contributed by atoms with E-state index in [0.29, 0.717) is 11.1 Å². The lowest BCUT2D eigenvalue weighted by Gasteiger charge is -2.25. The SMILES string of the molecule is CCC(C)(c1ccc(/C=N/NC(=O)c2ccncc2)s1)c1ccc(/C=N/NC(=O)c2ccncc2)s1. The number of carbonyl (C=O) groups is 2. The molecule has 36 heavy (non-hydrogen) atoms. The summed E-state index contributed by atoms with van der Waals surface area (Å²) in [6.07, 6.45) is 10.5. The van der Waals surface area contributed by atoms with Gasteiger partial charge in [0.2, 0.25) is 0 Å². The molecule has 0 fully saturated rings. The first kappa shape index (κ1) is 25.1. The highest BCUT2D eigenvalue weighted by atomic mass is 32.1. The minimum absolute atomic E-state index is 0.186. The molecule has 4 heterocycles. The quantitative estimate of drug-likeness (QED) is 0.245. The van der Waals surface area contributed by atoms with Gasteiger partial charge in [-0.05, 0) is 61.9 Å². The molecule has 4 aromatic heterocycles. The lowest BCUT2D eigenvalue weighted by Crippen LogP contribution is -2.19. The van der Waals surface area contributed by atoms with Crippen molar-refractivity contribution >= 4 is 46.9 Å². The van der Waals surface area contributed by atoms with Gasteiger partial charge in [0.25, 0.3) is 11.8 Å². The van der Waals surface area contributed by atoms with Crippen molar-refractivity contribution in [1.82, 2.24) is 20.8 Å². The molecule has 0 aliphatic carbocycles. The van der Waals surface area contributed by atoms with Crippen molar-refractivity contribution in [2.75, 3.05) is 0 Å². The molecule has 0 atom stereocenters. The molecule has 2 amide bonds. The van der Waals surface area contributed by atoms with Crippen LogP contribution in [0.4, 0.5) is 0 Å². The molecule has 4 aromatic rings. The standard InChI is InChI=1S/C26H24N6O2S2/c1-3-26(2,22-6-4-20(35-22)16-29-31-24(33)18-8-12-27-13-9-18)23-7-5-21(36-23)17-30-32-25(34)19-10-14-28-15-11-19/h4-17H,3H2,1-2H3,(H,31,33)(H,32,34)/b29-16+,30-17+. The van der Waals surface area contributed by atoms with Gasteiger partial charge in [0.1, 0.15) is 0 Å². The minimum atomic E-state index is -0.284. The first-order chi connectivity index (χ1) is 17.5. The van der Waals surface area contributed by atoms with Crippen LogP contribution in [0.25, 0.3) is 0 Å². The first-order valence-electron chi connectivity index (χ1n) is 11.2. The van der Waals surface area contributed by atoms with Gasteiger partial charge in [0.15, 0.2) is 0 Å². The summed E-state index contributed by atoms with van der Waals surface area (Å²) < 4.78 is 0. The largest absolute Gasteiger partial charge is 0.271 e. The number of hydrogen-bond donors (Lipinski definition) is 2. The lowest BCUT2D eigenvalue weighted by atomic mass is 9.84. The molecule has 0 saturated carbocycles. The van der Waals surface area contributed by atoms with Crippen molar-refractivity contribution < 1.29 is 9.59 Å². The van der Waals surface area contributed by atoms with E-state index in [4.69, 9.17) is 0 Å². The summed E-state index contributed by atoms with van der Waals surface area (Å²) in [7, 11) is 0. The molecule has 0 bridgehead atoms. The lowest BCUT2D eigenvalue weighted by molar-refractivity contribution is 0.0947. The smallest absolute Gasteiger partial charge is 0.267 e. The Hall–Kier alpha value is -4.02. The second-order valence-electron chi connectivity index (χ2n) is 7.96. The predicted molar refractivity (Wildman–Crippen MR) is 144 cm³/mol. The fourth-order valence-electron chi connectivity index (χ4n) is 3.35. The second-order valence-corrected chi connectivity index (χ2v) is 10.2. The van der Waals surface area contributed by atoms with Gasteiger partial charge in [-0.15, -0.1) is 22.7 Å². The molecule has 0 aliphatic heterocycles. The van der Waals surface area contributed by atoms with Crippen molar-refractivity contribution in [2.45, 2.75) is 25.7 Å². The summed E-state index contributed by atoms with van der Waals surface area (Å²) in [4.78, 5) is 36.4. The number of nitrogens with zero attached hydrogens (tertiary/aromatic N) is 4. The summed E-state index contributed by atoms with van der Waals surface area (Å²) in [6, 6.07) is 14.7. The average molecular weight is 517 g/mol. The fraction of sp³-hybridized carbons (Fsp3) is 0.154. The molecule has 0 aromatic carbocycles. The van der Waals surface area contributed by atoms with Crippen LogP contribution in [0.3, 0.4) is 0 Å². The Morgan fingerprint density at radius 3 is 1.58 bits per heavy atom. The van der Waals surface area contributed by atoms with Crippen molar-refractivity contribution in [1.29, 1.82) is 0 Å². The van der Waals surface area contributed by atoms with Crippen molar-refractivity contribution in [3.63, 3.8) is 0 Å². The van der Waals surface area contributed by atoms with Crippen LogP contribution in [-0.4, -0.2) is 34.2 Å². The van der Waals surface area contributed by atoms with Gasteiger partial charge in [-0.3, -0.25) is 19.6 Å². The normalized spacial score (nSPS) is 11.7. The van der Waals surface area contributed by atoms with E-state index in [-0.39, 0.29) is 17.2 Å². The van der Waals surface area contributed by atoms with Gasteiger partial charge in [-0.2, -0.15) is 10.2 Å². The first-order valence-corrected chi connectivity index (χ1v) is 12.8. The number of pyridine rings is 2. The van der Waals surface area contributed by atoms with E-state index in [1.807, 2.05) is 12.1 Å². The Morgan fingerprint density at radius 2 is 1.19 bits per heavy atom. The third-order valence-electron chi connectivity index (χ3n) is 5.65. The van der Waals surface area contributed by atoms with E-state index in [9.17, 15) is 9.59 Å². The Labute approximate surface area is 216 Å². The molecule has 0 saturated heterocycles. The summed E-state index contributed by atoms with van der Waals surface area (Å²) in [5.74, 6) is -0.567. The Bertz CT molecular complexity index is 1280. The third-order valence-corrected chi connectivity index (χ3v) is 8.22. The Kier molecular flexibility index (Phi) is 8.09. The highest BCUT2D eigenvalue weighted by Gasteiger charge is 2.30. The number of amides is 2. The van der Waals surface area contributed by atoms with Crippen LogP contribution in [0.15, 0.2) is 83.5 Å². The minimum Gasteiger partial charge on any atom is -0.267 e. The van der Waals surface area contributed by atoms with E-state index >= 15 is 0 Å². The van der Waals surface area contributed by atoms with Crippen LogP contribution in [0.1, 0.15) is 60.5 Å². The van der Waals surface area contributed by atoms with E-state index < -0.39 is 0 Å². The zero-order valence-corrected chi connectivity index (χ0v) is 21.3. The molecule has 0 aliphatic rings. The molecule has 4 rings (SSSR count). The van der Waals surface area contributed by atoms with E-state index in [0.717, 1.165) is 16.2 Å². The number of hydrogen-bond acceptors (Lipinski definition) is 8. The number of hydrazone groups is 2. The van der Waals surface area contributed by atoms with Crippen LogP contribution >= 0.6 is 22.7 Å². The van der Waals surface area contributed by atoms with Crippen molar-refractivity contribution in [2.24, 2.45) is 10.2 Å². The topological polar surface area (TPSA) is 109 Å². The summed E-state index contributed by atoms with van der Waals surface area (Å²) in [6.45, 7) is 4.37. The zero-order valence-electron chi connectivity index (χ0n) is 19.7. The van der Waals surface area contributed by atoms with Crippen molar-refractivity contribution in [3.8, 4) is 0 Å². The fourth-order valence-corrected chi connectivity index (χ4v) is 5.64. The maximum Gasteiger partial charge on any atom is 0.271 e. The predicted octanol–water partition coefficient (Wildman–Crippen LogP) is 4.84. The van der Waals surface area contributed by atoms with E-state index in [1.54, 1.807) is 84.2 Å². The van der Waals surface area contributed by atoms with Crippen molar-refractivity contribution in [3.05, 3.63) is 104 Å². The average Bonchev–Trinajstić information content (AvgIpc) is 3.60. The molecule has 8 nitrogen and oxygen atoms in total. The molecular formula is C26H24N6O2S2. The number of carbonyl (C=O) groups excluding carboxylic acids is 2. The van der Waals surface area contributed by atoms with Crippen LogP contribution in [0, 0.1) is 0 Å². The number of rotatable bonds is 9. The summed E-state index contributed by atoms with van der Waals surface area (Å²) in [5, 5.41) is 8.20. The van der Waals surface area contributed by atoms with E-state index in [2.05, 4.69) is 57.0 Å². The van der Waals surface area contributed by atoms with Gasteiger partial charge in [0.05, 0.1) is 12.4 Å². The summed E-state index contributed by atoms with van der Waals surface area (Å²) in [5.41, 5.74) is 5.91. The highest BCUT2D eigenvalue weighted by Crippen LogP contribution is 2.41. The van der Waals surface area contributed by atoms with Crippen LogP contribution < -0.4 is 10.9 Å².